The predicted molar refractivity (Wildman–Crippen MR) is 56.6 cm³/mol. The molecule has 0 aliphatic heterocycles. The molecule has 72 valence electrons. The quantitative estimate of drug-likeness (QED) is 0.801. The van der Waals surface area contributed by atoms with Gasteiger partial charge < -0.3 is 0 Å². The van der Waals surface area contributed by atoms with Gasteiger partial charge in [0.1, 0.15) is 0 Å². The summed E-state index contributed by atoms with van der Waals surface area (Å²) in [5.74, 6) is 0.512. The first-order chi connectivity index (χ1) is 6.66. The van der Waals surface area contributed by atoms with Crippen molar-refractivity contribution in [2.24, 2.45) is 0 Å². The average molecular weight is 274 g/mol. The zero-order valence-corrected chi connectivity index (χ0v) is 9.62. The Labute approximate surface area is 94.1 Å². The maximum Gasteiger partial charge on any atom is 0.250 e. The Balaban J connectivity index is 2.47. The van der Waals surface area contributed by atoms with E-state index in [1.165, 1.54) is 4.68 Å². The average Bonchev–Trinajstić information content (AvgIpc) is 2.57. The molecule has 0 N–H and O–H groups in total. The molecule has 0 aromatic carbocycles. The summed E-state index contributed by atoms with van der Waals surface area (Å²) in [6, 6.07) is 0. The minimum absolute atomic E-state index is 0.512. The van der Waals surface area contributed by atoms with Crippen LogP contribution in [0, 0.1) is 6.92 Å². The van der Waals surface area contributed by atoms with Crippen molar-refractivity contribution in [3.05, 3.63) is 33.8 Å². The summed E-state index contributed by atoms with van der Waals surface area (Å²) in [6.45, 7) is 1.89. The molecule has 0 fully saturated rings. The van der Waals surface area contributed by atoms with E-state index in [1.54, 1.807) is 18.6 Å². The third-order valence-corrected chi connectivity index (χ3v) is 2.64. The highest BCUT2D eigenvalue weighted by atomic mass is 79.9. The van der Waals surface area contributed by atoms with Crippen molar-refractivity contribution in [1.82, 2.24) is 19.7 Å². The Kier molecular flexibility index (Phi) is 2.52. The van der Waals surface area contributed by atoms with E-state index in [0.717, 1.165) is 10.2 Å². The van der Waals surface area contributed by atoms with Gasteiger partial charge in [0, 0.05) is 6.20 Å². The predicted octanol–water partition coefficient (Wildman–Crippen LogP) is 2.39. The molecular formula is C8H6BrClN4. The number of halogens is 2. The van der Waals surface area contributed by atoms with Gasteiger partial charge in [0.15, 0.2) is 0 Å². The SMILES string of the molecule is Cc1nc(-n2cc(Cl)cn2)ncc1Br. The summed E-state index contributed by atoms with van der Waals surface area (Å²) in [5.41, 5.74) is 0.863. The molecule has 14 heavy (non-hydrogen) atoms. The van der Waals surface area contributed by atoms with Gasteiger partial charge in [0.25, 0.3) is 5.95 Å². The largest absolute Gasteiger partial charge is 0.250 e. The van der Waals surface area contributed by atoms with Crippen molar-refractivity contribution < 1.29 is 0 Å². The highest BCUT2D eigenvalue weighted by Gasteiger charge is 2.04. The number of hydrogen-bond acceptors (Lipinski definition) is 3. The zero-order chi connectivity index (χ0) is 10.1. The molecule has 0 aliphatic rings. The molecule has 0 unspecified atom stereocenters. The van der Waals surface area contributed by atoms with E-state index in [-0.39, 0.29) is 0 Å². The Hall–Kier alpha value is -0.940. The molecule has 0 spiro atoms. The Bertz CT molecular complexity index is 468. The van der Waals surface area contributed by atoms with E-state index in [2.05, 4.69) is 31.0 Å². The van der Waals surface area contributed by atoms with Gasteiger partial charge in [-0.2, -0.15) is 5.10 Å². The van der Waals surface area contributed by atoms with Gasteiger partial charge in [-0.25, -0.2) is 14.6 Å². The molecule has 4 nitrogen and oxygen atoms in total. The van der Waals surface area contributed by atoms with Crippen LogP contribution in [0.5, 0.6) is 0 Å². The van der Waals surface area contributed by atoms with Crippen molar-refractivity contribution in [1.29, 1.82) is 0 Å². The maximum atomic E-state index is 5.73. The minimum Gasteiger partial charge on any atom is -0.218 e. The van der Waals surface area contributed by atoms with Crippen LogP contribution in [0.2, 0.25) is 5.02 Å². The molecule has 2 heterocycles. The molecular weight excluding hydrogens is 267 g/mol. The number of hydrogen-bond donors (Lipinski definition) is 0. The highest BCUT2D eigenvalue weighted by Crippen LogP contribution is 2.14. The fourth-order valence-electron chi connectivity index (χ4n) is 0.961. The summed E-state index contributed by atoms with van der Waals surface area (Å²) in [6.07, 6.45) is 4.89. The van der Waals surface area contributed by atoms with Gasteiger partial charge in [-0.1, -0.05) is 11.6 Å². The second kappa shape index (κ2) is 3.67. The molecule has 0 saturated heterocycles. The van der Waals surface area contributed by atoms with Crippen LogP contribution in [0.3, 0.4) is 0 Å². The van der Waals surface area contributed by atoms with Gasteiger partial charge in [-0.3, -0.25) is 0 Å². The van der Waals surface area contributed by atoms with E-state index in [9.17, 15) is 0 Å². The molecule has 0 bridgehead atoms. The highest BCUT2D eigenvalue weighted by molar-refractivity contribution is 9.10. The fourth-order valence-corrected chi connectivity index (χ4v) is 1.29. The number of nitrogens with zero attached hydrogens (tertiary/aromatic N) is 4. The second-order valence-corrected chi connectivity index (χ2v) is 4.00. The first-order valence-electron chi connectivity index (χ1n) is 3.86. The van der Waals surface area contributed by atoms with Crippen molar-refractivity contribution >= 4 is 27.5 Å². The zero-order valence-electron chi connectivity index (χ0n) is 7.28. The van der Waals surface area contributed by atoms with Crippen molar-refractivity contribution in [2.45, 2.75) is 6.92 Å². The topological polar surface area (TPSA) is 43.6 Å². The smallest absolute Gasteiger partial charge is 0.218 e. The Morgan fingerprint density at radius 3 is 2.79 bits per heavy atom. The third-order valence-electron chi connectivity index (χ3n) is 1.66. The molecule has 0 atom stereocenters. The van der Waals surface area contributed by atoms with Crippen molar-refractivity contribution in [3.63, 3.8) is 0 Å². The van der Waals surface area contributed by atoms with Crippen LogP contribution in [0.15, 0.2) is 23.1 Å². The minimum atomic E-state index is 0.512. The number of rotatable bonds is 1. The van der Waals surface area contributed by atoms with Crippen LogP contribution in [0.4, 0.5) is 0 Å². The van der Waals surface area contributed by atoms with Crippen molar-refractivity contribution in [3.8, 4) is 5.95 Å². The van der Waals surface area contributed by atoms with E-state index in [1.807, 2.05) is 6.92 Å². The summed E-state index contributed by atoms with van der Waals surface area (Å²) in [5, 5.41) is 4.57. The Morgan fingerprint density at radius 2 is 2.21 bits per heavy atom. The van der Waals surface area contributed by atoms with E-state index >= 15 is 0 Å². The Morgan fingerprint density at radius 1 is 1.43 bits per heavy atom. The lowest BCUT2D eigenvalue weighted by Crippen LogP contribution is -2.02. The normalized spacial score (nSPS) is 10.5. The van der Waals surface area contributed by atoms with E-state index < -0.39 is 0 Å². The van der Waals surface area contributed by atoms with Crippen molar-refractivity contribution in [2.75, 3.05) is 0 Å². The number of aromatic nitrogens is 4. The lowest BCUT2D eigenvalue weighted by Gasteiger charge is -2.00. The summed E-state index contributed by atoms with van der Waals surface area (Å²) in [4.78, 5) is 8.35. The van der Waals surface area contributed by atoms with Crippen LogP contribution in [0.25, 0.3) is 5.95 Å². The first-order valence-corrected chi connectivity index (χ1v) is 5.03. The van der Waals surface area contributed by atoms with Gasteiger partial charge in [0.05, 0.1) is 27.6 Å². The molecule has 0 aliphatic carbocycles. The van der Waals surface area contributed by atoms with Crippen LogP contribution in [-0.4, -0.2) is 19.7 Å². The summed E-state index contributed by atoms with van der Waals surface area (Å²) < 4.78 is 2.40. The van der Waals surface area contributed by atoms with Gasteiger partial charge >= 0.3 is 0 Å². The summed E-state index contributed by atoms with van der Waals surface area (Å²) >= 11 is 9.06. The molecule has 2 aromatic heterocycles. The molecule has 0 amide bonds. The molecule has 2 rings (SSSR count). The maximum absolute atomic E-state index is 5.73. The van der Waals surface area contributed by atoms with Gasteiger partial charge in [-0.15, -0.1) is 0 Å². The van der Waals surface area contributed by atoms with Crippen LogP contribution < -0.4 is 0 Å². The molecule has 6 heteroatoms. The van der Waals surface area contributed by atoms with Gasteiger partial charge in [0.2, 0.25) is 0 Å². The lowest BCUT2D eigenvalue weighted by molar-refractivity contribution is 0.799. The van der Waals surface area contributed by atoms with Crippen LogP contribution in [0.1, 0.15) is 5.69 Å². The van der Waals surface area contributed by atoms with E-state index in [4.69, 9.17) is 11.6 Å². The second-order valence-electron chi connectivity index (χ2n) is 2.71. The third kappa shape index (κ3) is 1.78. The lowest BCUT2D eigenvalue weighted by atomic mass is 10.5. The van der Waals surface area contributed by atoms with Gasteiger partial charge in [-0.05, 0) is 22.9 Å². The standard InChI is InChI=1S/C8H6BrClN4/c1-5-7(9)3-11-8(13-5)14-4-6(10)2-12-14/h2-4H,1H3. The monoisotopic (exact) mass is 272 g/mol. The molecule has 2 aromatic rings. The first kappa shape index (κ1) is 9.61. The molecule has 0 radical (unpaired) electrons. The van der Waals surface area contributed by atoms with E-state index in [0.29, 0.717) is 11.0 Å². The molecule has 0 saturated carbocycles. The fraction of sp³-hybridized carbons (Fsp3) is 0.125. The number of aryl methyl sites for hydroxylation is 1. The van der Waals surface area contributed by atoms with Crippen LogP contribution >= 0.6 is 27.5 Å². The summed E-state index contributed by atoms with van der Waals surface area (Å²) in [7, 11) is 0. The van der Waals surface area contributed by atoms with Crippen LogP contribution in [-0.2, 0) is 0 Å².